The van der Waals surface area contributed by atoms with Crippen molar-refractivity contribution in [3.05, 3.63) is 11.7 Å². The van der Waals surface area contributed by atoms with Gasteiger partial charge in [-0.05, 0) is 33.4 Å². The lowest BCUT2D eigenvalue weighted by atomic mass is 10.1. The van der Waals surface area contributed by atoms with Gasteiger partial charge >= 0.3 is 0 Å². The summed E-state index contributed by atoms with van der Waals surface area (Å²) in [7, 11) is 2.02. The number of halogens is 1. The van der Waals surface area contributed by atoms with Crippen molar-refractivity contribution in [2.45, 2.75) is 32.4 Å². The Hall–Kier alpha value is -0.650. The second kappa shape index (κ2) is 6.18. The molecule has 0 radical (unpaired) electrons. The van der Waals surface area contributed by atoms with Gasteiger partial charge in [-0.25, -0.2) is 0 Å². The second-order valence-corrected chi connectivity index (χ2v) is 4.10. The second-order valence-electron chi connectivity index (χ2n) is 4.10. The first-order valence-corrected chi connectivity index (χ1v) is 5.46. The molecule has 1 atom stereocenters. The predicted molar refractivity (Wildman–Crippen MR) is 63.6 cm³/mol. The van der Waals surface area contributed by atoms with Gasteiger partial charge in [-0.2, -0.15) is 4.98 Å². The molecule has 1 fully saturated rings. The summed E-state index contributed by atoms with van der Waals surface area (Å²) < 4.78 is 5.11. The summed E-state index contributed by atoms with van der Waals surface area (Å²) in [6.07, 6.45) is 2.49. The minimum absolute atomic E-state index is 0. The van der Waals surface area contributed by atoms with Crippen molar-refractivity contribution in [2.24, 2.45) is 0 Å². The molecular formula is C10H19ClN4O. The number of hydrogen-bond acceptors (Lipinski definition) is 5. The first-order chi connectivity index (χ1) is 7.28. The Kier molecular flexibility index (Phi) is 5.18. The molecule has 0 aliphatic carbocycles. The Morgan fingerprint density at radius 3 is 3.00 bits per heavy atom. The normalized spacial score (nSPS) is 21.8. The van der Waals surface area contributed by atoms with Crippen LogP contribution in [0.5, 0.6) is 0 Å². The molecule has 0 saturated carbocycles. The van der Waals surface area contributed by atoms with Crippen molar-refractivity contribution in [3.63, 3.8) is 0 Å². The van der Waals surface area contributed by atoms with Gasteiger partial charge < -0.3 is 9.84 Å². The van der Waals surface area contributed by atoms with E-state index in [1.54, 1.807) is 0 Å². The Morgan fingerprint density at radius 2 is 2.38 bits per heavy atom. The molecule has 92 valence electrons. The number of aromatic nitrogens is 2. The van der Waals surface area contributed by atoms with Gasteiger partial charge in [0.25, 0.3) is 0 Å². The molecule has 5 nitrogen and oxygen atoms in total. The van der Waals surface area contributed by atoms with E-state index >= 15 is 0 Å². The van der Waals surface area contributed by atoms with E-state index in [9.17, 15) is 0 Å². The van der Waals surface area contributed by atoms with Crippen molar-refractivity contribution in [2.75, 3.05) is 20.1 Å². The minimum atomic E-state index is 0. The number of rotatable bonds is 3. The number of likely N-dealkylation sites (tertiary alicyclic amines) is 1. The highest BCUT2D eigenvalue weighted by Gasteiger charge is 2.19. The van der Waals surface area contributed by atoms with Crippen LogP contribution in [0.3, 0.4) is 0 Å². The van der Waals surface area contributed by atoms with Crippen LogP contribution in [0.25, 0.3) is 0 Å². The van der Waals surface area contributed by atoms with Crippen LogP contribution < -0.4 is 5.32 Å². The maximum absolute atomic E-state index is 5.11. The molecule has 6 heteroatoms. The molecule has 16 heavy (non-hydrogen) atoms. The molecule has 0 bridgehead atoms. The zero-order valence-corrected chi connectivity index (χ0v) is 10.6. The highest BCUT2D eigenvalue weighted by molar-refractivity contribution is 5.85. The van der Waals surface area contributed by atoms with Gasteiger partial charge in [-0.15, -0.1) is 12.4 Å². The lowest BCUT2D eigenvalue weighted by molar-refractivity contribution is 0.167. The van der Waals surface area contributed by atoms with Gasteiger partial charge in [-0.1, -0.05) is 5.16 Å². The molecule has 1 N–H and O–H groups in total. The topological polar surface area (TPSA) is 54.2 Å². The van der Waals surface area contributed by atoms with Crippen LogP contribution in [0.4, 0.5) is 0 Å². The van der Waals surface area contributed by atoms with Gasteiger partial charge in [0.05, 0.1) is 6.54 Å². The summed E-state index contributed by atoms with van der Waals surface area (Å²) in [5, 5.41) is 7.11. The highest BCUT2D eigenvalue weighted by Crippen LogP contribution is 2.12. The zero-order valence-electron chi connectivity index (χ0n) is 9.77. The zero-order chi connectivity index (χ0) is 10.7. The van der Waals surface area contributed by atoms with Crippen LogP contribution in [-0.4, -0.2) is 41.2 Å². The molecule has 1 aliphatic heterocycles. The Bertz CT molecular complexity index is 318. The van der Waals surface area contributed by atoms with Crippen LogP contribution in [-0.2, 0) is 6.54 Å². The fraction of sp³-hybridized carbons (Fsp3) is 0.800. The third kappa shape index (κ3) is 3.43. The quantitative estimate of drug-likeness (QED) is 0.862. The molecule has 2 rings (SSSR count). The van der Waals surface area contributed by atoms with E-state index in [1.807, 2.05) is 14.0 Å². The maximum atomic E-state index is 5.11. The van der Waals surface area contributed by atoms with E-state index < -0.39 is 0 Å². The standard InChI is InChI=1S/C10H18N4O.ClH/c1-8-12-10(15-13-8)7-14-5-3-4-9(6-14)11-2;/h9,11H,3-7H2,1-2H3;1H. The van der Waals surface area contributed by atoms with Gasteiger partial charge in [0.2, 0.25) is 5.89 Å². The average molecular weight is 247 g/mol. The van der Waals surface area contributed by atoms with Crippen molar-refractivity contribution >= 4 is 12.4 Å². The predicted octanol–water partition coefficient (Wildman–Crippen LogP) is 0.984. The highest BCUT2D eigenvalue weighted by atomic mass is 35.5. The lowest BCUT2D eigenvalue weighted by Crippen LogP contribution is -2.43. The minimum Gasteiger partial charge on any atom is -0.338 e. The van der Waals surface area contributed by atoms with E-state index in [0.717, 1.165) is 25.5 Å². The first-order valence-electron chi connectivity index (χ1n) is 5.46. The summed E-state index contributed by atoms with van der Waals surface area (Å²) in [5.41, 5.74) is 0. The van der Waals surface area contributed by atoms with Crippen molar-refractivity contribution < 1.29 is 4.52 Å². The molecule has 1 unspecified atom stereocenters. The van der Waals surface area contributed by atoms with Crippen LogP contribution in [0.15, 0.2) is 4.52 Å². The molecule has 0 spiro atoms. The molecule has 1 aromatic heterocycles. The van der Waals surface area contributed by atoms with Crippen LogP contribution >= 0.6 is 12.4 Å². The molecule has 0 aromatic carbocycles. The first kappa shape index (κ1) is 13.4. The molecule has 1 saturated heterocycles. The Balaban J connectivity index is 0.00000128. The fourth-order valence-corrected chi connectivity index (χ4v) is 2.03. The summed E-state index contributed by atoms with van der Waals surface area (Å²) in [6.45, 7) is 4.82. The molecular weight excluding hydrogens is 228 g/mol. The number of aryl methyl sites for hydroxylation is 1. The summed E-state index contributed by atoms with van der Waals surface area (Å²) in [4.78, 5) is 6.57. The SMILES string of the molecule is CNC1CCCN(Cc2nc(C)no2)C1.Cl. The third-order valence-electron chi connectivity index (χ3n) is 2.84. The lowest BCUT2D eigenvalue weighted by Gasteiger charge is -2.31. The monoisotopic (exact) mass is 246 g/mol. The van der Waals surface area contributed by atoms with Crippen molar-refractivity contribution in [3.8, 4) is 0 Å². The third-order valence-corrected chi connectivity index (χ3v) is 2.84. The number of nitrogens with zero attached hydrogens (tertiary/aromatic N) is 3. The van der Waals surface area contributed by atoms with Gasteiger partial charge in [0.15, 0.2) is 5.82 Å². The van der Waals surface area contributed by atoms with Crippen LogP contribution in [0, 0.1) is 6.92 Å². The maximum Gasteiger partial charge on any atom is 0.240 e. The molecule has 1 aliphatic rings. The number of hydrogen-bond donors (Lipinski definition) is 1. The molecule has 0 amide bonds. The van der Waals surface area contributed by atoms with E-state index in [0.29, 0.717) is 11.9 Å². The number of likely N-dealkylation sites (N-methyl/N-ethyl adjacent to an activating group) is 1. The smallest absolute Gasteiger partial charge is 0.240 e. The fourth-order valence-electron chi connectivity index (χ4n) is 2.03. The largest absolute Gasteiger partial charge is 0.338 e. The van der Waals surface area contributed by atoms with Crippen molar-refractivity contribution in [1.29, 1.82) is 0 Å². The van der Waals surface area contributed by atoms with Gasteiger partial charge in [-0.3, -0.25) is 4.90 Å². The van der Waals surface area contributed by atoms with Crippen molar-refractivity contribution in [1.82, 2.24) is 20.4 Å². The number of piperidine rings is 1. The van der Waals surface area contributed by atoms with E-state index in [2.05, 4.69) is 20.4 Å². The Labute approximate surface area is 102 Å². The average Bonchev–Trinajstić information content (AvgIpc) is 2.64. The van der Waals surface area contributed by atoms with Gasteiger partial charge in [0.1, 0.15) is 0 Å². The van der Waals surface area contributed by atoms with Gasteiger partial charge in [0, 0.05) is 12.6 Å². The summed E-state index contributed by atoms with van der Waals surface area (Å²) in [6, 6.07) is 0.600. The van der Waals surface area contributed by atoms with E-state index in [4.69, 9.17) is 4.52 Å². The van der Waals surface area contributed by atoms with E-state index in [-0.39, 0.29) is 12.4 Å². The van der Waals surface area contributed by atoms with Crippen LogP contribution in [0.2, 0.25) is 0 Å². The van der Waals surface area contributed by atoms with Crippen LogP contribution in [0.1, 0.15) is 24.6 Å². The molecule has 1 aromatic rings. The summed E-state index contributed by atoms with van der Waals surface area (Å²) >= 11 is 0. The summed E-state index contributed by atoms with van der Waals surface area (Å²) in [5.74, 6) is 1.44. The van der Waals surface area contributed by atoms with E-state index in [1.165, 1.54) is 12.8 Å². The Morgan fingerprint density at radius 1 is 1.56 bits per heavy atom. The number of nitrogens with one attached hydrogen (secondary N) is 1. The molecule has 2 heterocycles.